The highest BCUT2D eigenvalue weighted by Gasteiger charge is 2.06. The first kappa shape index (κ1) is 16.6. The maximum Gasteiger partial charge on any atom is 0.307 e. The maximum atomic E-state index is 12.3. The number of carbonyl (C=O) groups is 1. The van der Waals surface area contributed by atoms with Crippen LogP contribution in [0.25, 0.3) is 17.0 Å². The molecule has 0 radical (unpaired) electrons. The van der Waals surface area contributed by atoms with E-state index in [0.29, 0.717) is 10.9 Å². The molecule has 0 N–H and O–H groups in total. The van der Waals surface area contributed by atoms with Gasteiger partial charge in [-0.15, -0.1) is 0 Å². The van der Waals surface area contributed by atoms with Gasteiger partial charge in [-0.1, -0.05) is 48.5 Å². The molecule has 0 amide bonds. The zero-order valence-corrected chi connectivity index (χ0v) is 13.7. The van der Waals surface area contributed by atoms with Crippen molar-refractivity contribution in [1.29, 1.82) is 0 Å². The topological polar surface area (TPSA) is 61.2 Å². The minimum Gasteiger partial charge on any atom is -0.461 e. The van der Waals surface area contributed by atoms with Gasteiger partial charge in [-0.2, -0.15) is 0 Å². The van der Waals surface area contributed by atoms with E-state index in [4.69, 9.17) is 4.74 Å². The molecule has 1 heterocycles. The Kier molecular flexibility index (Phi) is 5.36. The molecule has 0 aliphatic carbocycles. The minimum atomic E-state index is -0.349. The molecule has 5 nitrogen and oxygen atoms in total. The SMILES string of the molecule is O=C(CCn1cnc2ccccc2c1=O)OCC=Cc1ccccc1. The molecule has 25 heavy (non-hydrogen) atoms. The van der Waals surface area contributed by atoms with Crippen molar-refractivity contribution in [3.63, 3.8) is 0 Å². The molecule has 0 saturated carbocycles. The van der Waals surface area contributed by atoms with Gasteiger partial charge in [0.2, 0.25) is 0 Å². The average molecular weight is 334 g/mol. The van der Waals surface area contributed by atoms with E-state index in [0.717, 1.165) is 5.56 Å². The van der Waals surface area contributed by atoms with Crippen LogP contribution in [0.5, 0.6) is 0 Å². The number of hydrogen-bond donors (Lipinski definition) is 0. The molecular weight excluding hydrogens is 316 g/mol. The summed E-state index contributed by atoms with van der Waals surface area (Å²) in [4.78, 5) is 28.4. The monoisotopic (exact) mass is 334 g/mol. The number of aromatic nitrogens is 2. The second-order valence-corrected chi connectivity index (χ2v) is 5.51. The molecule has 0 aliphatic rings. The number of aryl methyl sites for hydroxylation is 1. The molecule has 126 valence electrons. The Labute approximate surface area is 145 Å². The number of nitrogens with zero attached hydrogens (tertiary/aromatic N) is 2. The summed E-state index contributed by atoms with van der Waals surface area (Å²) in [6.07, 6.45) is 5.27. The van der Waals surface area contributed by atoms with Gasteiger partial charge in [0.05, 0.1) is 23.7 Å². The van der Waals surface area contributed by atoms with Gasteiger partial charge in [-0.25, -0.2) is 4.98 Å². The van der Waals surface area contributed by atoms with E-state index in [2.05, 4.69) is 4.98 Å². The summed E-state index contributed by atoms with van der Waals surface area (Å²) in [5.41, 5.74) is 1.55. The van der Waals surface area contributed by atoms with Crippen molar-refractivity contribution >= 4 is 22.9 Å². The molecule has 5 heteroatoms. The van der Waals surface area contributed by atoms with Crippen molar-refractivity contribution in [1.82, 2.24) is 9.55 Å². The van der Waals surface area contributed by atoms with E-state index in [-0.39, 0.29) is 31.1 Å². The van der Waals surface area contributed by atoms with Crippen LogP contribution in [0, 0.1) is 0 Å². The smallest absolute Gasteiger partial charge is 0.307 e. The van der Waals surface area contributed by atoms with E-state index in [9.17, 15) is 9.59 Å². The first-order valence-corrected chi connectivity index (χ1v) is 8.05. The largest absolute Gasteiger partial charge is 0.461 e. The van der Waals surface area contributed by atoms with E-state index < -0.39 is 0 Å². The lowest BCUT2D eigenvalue weighted by Gasteiger charge is -2.06. The van der Waals surface area contributed by atoms with Gasteiger partial charge in [0.15, 0.2) is 0 Å². The minimum absolute atomic E-state index is 0.124. The normalized spacial score (nSPS) is 11.0. The lowest BCUT2D eigenvalue weighted by molar-refractivity contribution is -0.142. The zero-order valence-electron chi connectivity index (χ0n) is 13.7. The number of esters is 1. The zero-order chi connectivity index (χ0) is 17.5. The first-order valence-electron chi connectivity index (χ1n) is 8.05. The summed E-state index contributed by atoms with van der Waals surface area (Å²) in [5, 5.41) is 0.546. The molecule has 0 aliphatic heterocycles. The predicted octanol–water partition coefficient (Wildman–Crippen LogP) is 3.04. The van der Waals surface area contributed by atoms with Crippen LogP contribution >= 0.6 is 0 Å². The number of ether oxygens (including phenoxy) is 1. The molecular formula is C20H18N2O3. The first-order chi connectivity index (χ1) is 12.2. The fourth-order valence-electron chi connectivity index (χ4n) is 2.44. The summed E-state index contributed by atoms with van der Waals surface area (Å²) in [7, 11) is 0. The molecule has 0 atom stereocenters. The fourth-order valence-corrected chi connectivity index (χ4v) is 2.44. The predicted molar refractivity (Wildman–Crippen MR) is 97.1 cm³/mol. The molecule has 0 bridgehead atoms. The summed E-state index contributed by atoms with van der Waals surface area (Å²) in [5.74, 6) is -0.349. The number of rotatable bonds is 6. The lowest BCUT2D eigenvalue weighted by atomic mass is 10.2. The van der Waals surface area contributed by atoms with Crippen molar-refractivity contribution in [2.75, 3.05) is 6.61 Å². The molecule has 3 rings (SSSR count). The Bertz CT molecular complexity index is 946. The molecule has 2 aromatic carbocycles. The number of hydrogen-bond acceptors (Lipinski definition) is 4. The fraction of sp³-hybridized carbons (Fsp3) is 0.150. The van der Waals surface area contributed by atoms with Crippen LogP contribution in [0.1, 0.15) is 12.0 Å². The molecule has 0 saturated heterocycles. The van der Waals surface area contributed by atoms with E-state index in [1.807, 2.05) is 42.5 Å². The van der Waals surface area contributed by atoms with Crippen molar-refractivity contribution in [2.24, 2.45) is 0 Å². The van der Waals surface area contributed by atoms with Crippen molar-refractivity contribution in [2.45, 2.75) is 13.0 Å². The highest BCUT2D eigenvalue weighted by Crippen LogP contribution is 2.05. The third-order valence-corrected chi connectivity index (χ3v) is 3.74. The van der Waals surface area contributed by atoms with Crippen molar-refractivity contribution < 1.29 is 9.53 Å². The van der Waals surface area contributed by atoms with Crippen LogP contribution in [0.15, 0.2) is 71.8 Å². The third-order valence-electron chi connectivity index (χ3n) is 3.74. The molecule has 0 spiro atoms. The van der Waals surface area contributed by atoms with Gasteiger partial charge in [0, 0.05) is 6.54 Å². The third kappa shape index (κ3) is 4.41. The number of para-hydroxylation sites is 1. The molecule has 1 aromatic heterocycles. The summed E-state index contributed by atoms with van der Waals surface area (Å²) in [6, 6.07) is 16.9. The molecule has 0 unspecified atom stereocenters. The van der Waals surface area contributed by atoms with Crippen LogP contribution in [-0.4, -0.2) is 22.1 Å². The maximum absolute atomic E-state index is 12.3. The van der Waals surface area contributed by atoms with Crippen LogP contribution in [0.2, 0.25) is 0 Å². The Hall–Kier alpha value is -3.21. The molecule has 0 fully saturated rings. The van der Waals surface area contributed by atoms with Gasteiger partial charge in [0.25, 0.3) is 5.56 Å². The Morgan fingerprint density at radius 2 is 1.84 bits per heavy atom. The second-order valence-electron chi connectivity index (χ2n) is 5.51. The van der Waals surface area contributed by atoms with Gasteiger partial charge in [0.1, 0.15) is 6.61 Å². The van der Waals surface area contributed by atoms with Gasteiger partial charge in [-0.05, 0) is 23.8 Å². The number of fused-ring (bicyclic) bond motifs is 1. The molecule has 3 aromatic rings. The van der Waals surface area contributed by atoms with Crippen LogP contribution in [-0.2, 0) is 16.1 Å². The van der Waals surface area contributed by atoms with Crippen LogP contribution in [0.4, 0.5) is 0 Å². The van der Waals surface area contributed by atoms with Gasteiger partial charge >= 0.3 is 5.97 Å². The van der Waals surface area contributed by atoms with Crippen LogP contribution in [0.3, 0.4) is 0 Å². The quantitative estimate of drug-likeness (QED) is 0.650. The number of benzene rings is 2. The summed E-state index contributed by atoms with van der Waals surface area (Å²) < 4.78 is 6.59. The Morgan fingerprint density at radius 3 is 2.68 bits per heavy atom. The Balaban J connectivity index is 1.52. The van der Waals surface area contributed by atoms with Crippen molar-refractivity contribution in [3.8, 4) is 0 Å². The van der Waals surface area contributed by atoms with Gasteiger partial charge < -0.3 is 4.74 Å². The lowest BCUT2D eigenvalue weighted by Crippen LogP contribution is -2.22. The standard InChI is InChI=1S/C20H18N2O3/c23-19(25-14-6-9-16-7-2-1-3-8-16)12-13-22-15-21-18-11-5-4-10-17(18)20(22)24/h1-11,15H,12-14H2. The van der Waals surface area contributed by atoms with Crippen LogP contribution < -0.4 is 5.56 Å². The highest BCUT2D eigenvalue weighted by atomic mass is 16.5. The summed E-state index contributed by atoms with van der Waals surface area (Å²) >= 11 is 0. The van der Waals surface area contributed by atoms with E-state index in [1.54, 1.807) is 24.3 Å². The van der Waals surface area contributed by atoms with Gasteiger partial charge in [-0.3, -0.25) is 14.2 Å². The average Bonchev–Trinajstić information content (AvgIpc) is 2.66. The second kappa shape index (κ2) is 8.06. The van der Waals surface area contributed by atoms with Crippen molar-refractivity contribution in [3.05, 3.63) is 82.9 Å². The summed E-state index contributed by atoms with van der Waals surface area (Å²) in [6.45, 7) is 0.455. The Morgan fingerprint density at radius 1 is 1.08 bits per heavy atom. The van der Waals surface area contributed by atoms with E-state index >= 15 is 0 Å². The number of carbonyl (C=O) groups excluding carboxylic acids is 1. The highest BCUT2D eigenvalue weighted by molar-refractivity contribution is 5.77. The van der Waals surface area contributed by atoms with E-state index in [1.165, 1.54) is 10.9 Å².